The van der Waals surface area contributed by atoms with Crippen LogP contribution in [0.1, 0.15) is 13.3 Å². The van der Waals surface area contributed by atoms with Crippen molar-refractivity contribution in [1.29, 1.82) is 0 Å². The molecule has 0 saturated heterocycles. The normalized spacial score (nSPS) is 13.7. The first-order chi connectivity index (χ1) is 7.45. The second kappa shape index (κ2) is 5.72. The van der Waals surface area contributed by atoms with Gasteiger partial charge < -0.3 is 5.11 Å². The van der Waals surface area contributed by atoms with Gasteiger partial charge in [-0.25, -0.2) is 18.1 Å². The van der Waals surface area contributed by atoms with Gasteiger partial charge in [0.1, 0.15) is 0 Å². The third-order valence-electron chi connectivity index (χ3n) is 1.89. The highest BCUT2D eigenvalue weighted by Gasteiger charge is 2.18. The number of nitrogens with one attached hydrogen (secondary N) is 1. The molecule has 16 heavy (non-hydrogen) atoms. The van der Waals surface area contributed by atoms with Gasteiger partial charge in [0, 0.05) is 23.3 Å². The number of hydrogen-bond donors (Lipinski definition) is 2. The molecule has 0 radical (unpaired) electrons. The summed E-state index contributed by atoms with van der Waals surface area (Å²) in [5.41, 5.74) is 0. The van der Waals surface area contributed by atoms with Gasteiger partial charge in [0.2, 0.25) is 0 Å². The predicted octanol–water partition coefficient (Wildman–Crippen LogP) is 0.893. The lowest BCUT2D eigenvalue weighted by Crippen LogP contribution is -2.33. The van der Waals surface area contributed by atoms with Gasteiger partial charge in [0.05, 0.1) is 0 Å². The Labute approximate surface area is 103 Å². The molecule has 0 aliphatic carbocycles. The highest BCUT2D eigenvalue weighted by Crippen LogP contribution is 2.11. The third kappa shape index (κ3) is 3.82. The second-order valence-corrected chi connectivity index (χ2v) is 5.93. The minimum absolute atomic E-state index is 0.0273. The fourth-order valence-electron chi connectivity index (χ4n) is 1.10. The largest absolute Gasteiger partial charge is 0.396 e. The molecule has 1 aromatic heterocycles. The zero-order valence-electron chi connectivity index (χ0n) is 8.72. The van der Waals surface area contributed by atoms with E-state index in [0.29, 0.717) is 6.42 Å². The Morgan fingerprint density at radius 1 is 1.56 bits per heavy atom. The van der Waals surface area contributed by atoms with Gasteiger partial charge in [0.25, 0.3) is 10.0 Å². The van der Waals surface area contributed by atoms with Crippen molar-refractivity contribution in [3.8, 4) is 0 Å². The molecule has 5 nitrogen and oxygen atoms in total. The maximum Gasteiger partial charge on any atom is 0.258 e. The first-order valence-corrected chi connectivity index (χ1v) is 6.98. The van der Waals surface area contributed by atoms with Crippen molar-refractivity contribution in [2.75, 3.05) is 6.61 Å². The molecule has 1 heterocycles. The average Bonchev–Trinajstić information content (AvgIpc) is 2.17. The van der Waals surface area contributed by atoms with E-state index in [1.54, 1.807) is 13.0 Å². The molecule has 1 aromatic rings. The van der Waals surface area contributed by atoms with Crippen LogP contribution in [0.15, 0.2) is 27.8 Å². The summed E-state index contributed by atoms with van der Waals surface area (Å²) in [7, 11) is -3.59. The van der Waals surface area contributed by atoms with Gasteiger partial charge >= 0.3 is 0 Å². The van der Waals surface area contributed by atoms with Crippen LogP contribution in [-0.4, -0.2) is 31.2 Å². The van der Waals surface area contributed by atoms with Crippen LogP contribution in [0.2, 0.25) is 0 Å². The Balaban J connectivity index is 2.82. The first-order valence-electron chi connectivity index (χ1n) is 4.70. The van der Waals surface area contributed by atoms with E-state index >= 15 is 0 Å². The van der Waals surface area contributed by atoms with Gasteiger partial charge in [0.15, 0.2) is 5.03 Å². The van der Waals surface area contributed by atoms with Crippen molar-refractivity contribution in [3.63, 3.8) is 0 Å². The third-order valence-corrected chi connectivity index (χ3v) is 3.87. The lowest BCUT2D eigenvalue weighted by molar-refractivity contribution is 0.275. The number of aliphatic hydroxyl groups excluding tert-OH is 1. The summed E-state index contributed by atoms with van der Waals surface area (Å²) in [5, 5.41) is 8.66. The zero-order chi connectivity index (χ0) is 12.2. The number of pyridine rings is 1. The van der Waals surface area contributed by atoms with Gasteiger partial charge in [-0.1, -0.05) is 0 Å². The molecule has 0 aliphatic rings. The SMILES string of the molecule is C[C@H](CCO)NS(=O)(=O)c1ccc(Br)cn1. The molecule has 0 aromatic carbocycles. The smallest absolute Gasteiger partial charge is 0.258 e. The summed E-state index contributed by atoms with van der Waals surface area (Å²) in [6.45, 7) is 1.63. The molecule has 0 unspecified atom stereocenters. The van der Waals surface area contributed by atoms with E-state index in [0.717, 1.165) is 4.47 Å². The lowest BCUT2D eigenvalue weighted by Gasteiger charge is -2.12. The van der Waals surface area contributed by atoms with Gasteiger partial charge in [-0.2, -0.15) is 0 Å². The molecule has 0 spiro atoms. The van der Waals surface area contributed by atoms with Crippen LogP contribution in [0.4, 0.5) is 0 Å². The second-order valence-electron chi connectivity index (χ2n) is 3.35. The Kier molecular flexibility index (Phi) is 4.85. The molecule has 90 valence electrons. The summed E-state index contributed by atoms with van der Waals surface area (Å²) < 4.78 is 26.7. The Hall–Kier alpha value is -0.500. The van der Waals surface area contributed by atoms with Crippen molar-refractivity contribution in [1.82, 2.24) is 9.71 Å². The highest BCUT2D eigenvalue weighted by atomic mass is 79.9. The molecule has 0 fully saturated rings. The summed E-state index contributed by atoms with van der Waals surface area (Å²) in [6, 6.07) is 2.71. The van der Waals surface area contributed by atoms with Crippen LogP contribution < -0.4 is 4.72 Å². The number of nitrogens with zero attached hydrogens (tertiary/aromatic N) is 1. The fraction of sp³-hybridized carbons (Fsp3) is 0.444. The van der Waals surface area contributed by atoms with Crippen molar-refractivity contribution < 1.29 is 13.5 Å². The standard InChI is InChI=1S/C9H13BrN2O3S/c1-7(4-5-13)12-16(14,15)9-3-2-8(10)6-11-9/h2-3,6-7,12-13H,4-5H2,1H3/t7-/m1/s1. The van der Waals surface area contributed by atoms with Gasteiger partial charge in [-0.3, -0.25) is 0 Å². The van der Waals surface area contributed by atoms with E-state index in [1.807, 2.05) is 0 Å². The fourth-order valence-corrected chi connectivity index (χ4v) is 2.54. The van der Waals surface area contributed by atoms with E-state index in [9.17, 15) is 8.42 Å². The molecule has 0 saturated carbocycles. The van der Waals surface area contributed by atoms with Crippen LogP contribution in [0.5, 0.6) is 0 Å². The van der Waals surface area contributed by atoms with Crippen molar-refractivity contribution >= 4 is 26.0 Å². The molecule has 1 rings (SSSR count). The number of aromatic nitrogens is 1. The molecular formula is C9H13BrN2O3S. The summed E-state index contributed by atoms with van der Waals surface area (Å²) in [5.74, 6) is 0. The van der Waals surface area contributed by atoms with E-state index in [2.05, 4.69) is 25.6 Å². The van der Waals surface area contributed by atoms with Crippen molar-refractivity contribution in [2.24, 2.45) is 0 Å². The van der Waals surface area contributed by atoms with Crippen molar-refractivity contribution in [3.05, 3.63) is 22.8 Å². The molecule has 2 N–H and O–H groups in total. The summed E-state index contributed by atoms with van der Waals surface area (Å²) >= 11 is 3.18. The minimum Gasteiger partial charge on any atom is -0.396 e. The minimum atomic E-state index is -3.59. The van der Waals surface area contributed by atoms with Crippen LogP contribution in [-0.2, 0) is 10.0 Å². The summed E-state index contributed by atoms with van der Waals surface area (Å²) in [6.07, 6.45) is 1.79. The quantitative estimate of drug-likeness (QED) is 0.847. The Morgan fingerprint density at radius 2 is 2.25 bits per heavy atom. The van der Waals surface area contributed by atoms with Crippen LogP contribution in [0.3, 0.4) is 0 Å². The van der Waals surface area contributed by atoms with E-state index in [4.69, 9.17) is 5.11 Å². The molecule has 7 heteroatoms. The Bertz CT molecular complexity index is 433. The number of halogens is 1. The number of hydrogen-bond acceptors (Lipinski definition) is 4. The van der Waals surface area contributed by atoms with Crippen LogP contribution >= 0.6 is 15.9 Å². The van der Waals surface area contributed by atoms with E-state index in [-0.39, 0.29) is 17.7 Å². The molecule has 0 amide bonds. The monoisotopic (exact) mass is 308 g/mol. The summed E-state index contributed by atoms with van der Waals surface area (Å²) in [4.78, 5) is 3.80. The molecule has 1 atom stereocenters. The number of rotatable bonds is 5. The van der Waals surface area contributed by atoms with E-state index < -0.39 is 10.0 Å². The van der Waals surface area contributed by atoms with Crippen LogP contribution in [0, 0.1) is 0 Å². The highest BCUT2D eigenvalue weighted by molar-refractivity contribution is 9.10. The maximum atomic E-state index is 11.8. The zero-order valence-corrected chi connectivity index (χ0v) is 11.1. The first kappa shape index (κ1) is 13.6. The van der Waals surface area contributed by atoms with Crippen molar-refractivity contribution in [2.45, 2.75) is 24.4 Å². The van der Waals surface area contributed by atoms with Gasteiger partial charge in [-0.05, 0) is 41.4 Å². The molecule has 0 bridgehead atoms. The predicted molar refractivity (Wildman–Crippen MR) is 63.4 cm³/mol. The Morgan fingerprint density at radius 3 is 2.75 bits per heavy atom. The molecule has 0 aliphatic heterocycles. The molecular weight excluding hydrogens is 296 g/mol. The van der Waals surface area contributed by atoms with E-state index in [1.165, 1.54) is 12.3 Å². The average molecular weight is 309 g/mol. The number of sulfonamides is 1. The lowest BCUT2D eigenvalue weighted by atomic mass is 10.3. The van der Waals surface area contributed by atoms with Crippen LogP contribution in [0.25, 0.3) is 0 Å². The maximum absolute atomic E-state index is 11.8. The topological polar surface area (TPSA) is 79.3 Å². The van der Waals surface area contributed by atoms with Gasteiger partial charge in [-0.15, -0.1) is 0 Å². The number of aliphatic hydroxyl groups is 1.